The molecule has 0 spiro atoms. The first kappa shape index (κ1) is 16.5. The summed E-state index contributed by atoms with van der Waals surface area (Å²) in [5.41, 5.74) is 3.34. The van der Waals surface area contributed by atoms with Crippen molar-refractivity contribution in [3.8, 4) is 0 Å². The number of carbonyl (C=O) groups excluding carboxylic acids is 1. The van der Waals surface area contributed by atoms with Crippen LogP contribution in [0.25, 0.3) is 10.9 Å². The summed E-state index contributed by atoms with van der Waals surface area (Å²) in [6.07, 6.45) is 4.32. The molecule has 2 aromatic heterocycles. The molecule has 0 aliphatic carbocycles. The van der Waals surface area contributed by atoms with E-state index in [1.807, 2.05) is 55.6 Å². The zero-order valence-corrected chi connectivity index (χ0v) is 14.9. The third-order valence-electron chi connectivity index (χ3n) is 4.78. The maximum Gasteiger partial charge on any atom is 0.252 e. The summed E-state index contributed by atoms with van der Waals surface area (Å²) in [4.78, 5) is 24.0. The Labute approximate surface area is 153 Å². The lowest BCUT2D eigenvalue weighted by molar-refractivity contribution is 0.0952. The van der Waals surface area contributed by atoms with Crippen LogP contribution < -0.4 is 10.2 Å². The van der Waals surface area contributed by atoms with Gasteiger partial charge in [0.2, 0.25) is 0 Å². The molecule has 0 unspecified atom stereocenters. The lowest BCUT2D eigenvalue weighted by Gasteiger charge is -2.16. The van der Waals surface area contributed by atoms with E-state index in [4.69, 9.17) is 0 Å². The number of para-hydroxylation sites is 1. The Morgan fingerprint density at radius 1 is 1.15 bits per heavy atom. The number of nitrogens with one attached hydrogen (secondary N) is 1. The number of fused-ring (bicyclic) bond motifs is 1. The SMILES string of the molecule is Cc1cc(C(=O)NCc2ccc(N3CCCC3)nc2)c2ccccc2n1. The van der Waals surface area contributed by atoms with Gasteiger partial charge < -0.3 is 10.2 Å². The largest absolute Gasteiger partial charge is 0.357 e. The fourth-order valence-electron chi connectivity index (χ4n) is 3.43. The van der Waals surface area contributed by atoms with Gasteiger partial charge in [0, 0.05) is 36.9 Å². The van der Waals surface area contributed by atoms with Crippen molar-refractivity contribution in [2.75, 3.05) is 18.0 Å². The van der Waals surface area contributed by atoms with Crippen LogP contribution in [-0.4, -0.2) is 29.0 Å². The van der Waals surface area contributed by atoms with Crippen molar-refractivity contribution >= 4 is 22.6 Å². The van der Waals surface area contributed by atoms with Crippen LogP contribution in [0.5, 0.6) is 0 Å². The van der Waals surface area contributed by atoms with Crippen molar-refractivity contribution in [1.82, 2.24) is 15.3 Å². The first-order chi connectivity index (χ1) is 12.7. The second kappa shape index (κ2) is 7.12. The number of hydrogen-bond donors (Lipinski definition) is 1. The Bertz CT molecular complexity index is 930. The Morgan fingerprint density at radius 2 is 1.96 bits per heavy atom. The van der Waals surface area contributed by atoms with Gasteiger partial charge in [0.1, 0.15) is 5.82 Å². The van der Waals surface area contributed by atoms with Gasteiger partial charge in [-0.25, -0.2) is 4.98 Å². The molecule has 0 saturated carbocycles. The second-order valence-electron chi connectivity index (χ2n) is 6.73. The highest BCUT2D eigenvalue weighted by atomic mass is 16.1. The van der Waals surface area contributed by atoms with Crippen molar-refractivity contribution in [2.24, 2.45) is 0 Å². The van der Waals surface area contributed by atoms with Crippen LogP contribution in [0.15, 0.2) is 48.7 Å². The molecule has 3 aromatic rings. The summed E-state index contributed by atoms with van der Waals surface area (Å²) in [6, 6.07) is 13.6. The minimum Gasteiger partial charge on any atom is -0.357 e. The molecule has 1 fully saturated rings. The molecule has 0 atom stereocenters. The van der Waals surface area contributed by atoms with E-state index in [2.05, 4.69) is 20.2 Å². The van der Waals surface area contributed by atoms with Crippen LogP contribution in [0, 0.1) is 6.92 Å². The van der Waals surface area contributed by atoms with Crippen molar-refractivity contribution in [3.05, 3.63) is 65.5 Å². The Kier molecular flexibility index (Phi) is 4.52. The molecule has 1 saturated heterocycles. The number of pyridine rings is 2. The Morgan fingerprint density at radius 3 is 2.73 bits per heavy atom. The van der Waals surface area contributed by atoms with Gasteiger partial charge >= 0.3 is 0 Å². The van der Waals surface area contributed by atoms with Gasteiger partial charge in [-0.15, -0.1) is 0 Å². The number of aromatic nitrogens is 2. The zero-order valence-electron chi connectivity index (χ0n) is 14.9. The highest BCUT2D eigenvalue weighted by molar-refractivity contribution is 6.06. The standard InChI is InChI=1S/C21H22N4O/c1-15-12-18(17-6-2-3-7-19(17)24-15)21(26)23-14-16-8-9-20(22-13-16)25-10-4-5-11-25/h2-3,6-9,12-13H,4-5,10-11,14H2,1H3,(H,23,26). The van der Waals surface area contributed by atoms with E-state index in [1.165, 1.54) is 12.8 Å². The van der Waals surface area contributed by atoms with Gasteiger partial charge in [0.25, 0.3) is 5.91 Å². The third-order valence-corrected chi connectivity index (χ3v) is 4.78. The quantitative estimate of drug-likeness (QED) is 0.786. The van der Waals surface area contributed by atoms with E-state index in [1.54, 1.807) is 0 Å². The molecule has 1 N–H and O–H groups in total. The van der Waals surface area contributed by atoms with Crippen LogP contribution >= 0.6 is 0 Å². The lowest BCUT2D eigenvalue weighted by Crippen LogP contribution is -2.24. The molecule has 4 rings (SSSR count). The Balaban J connectivity index is 1.47. The fourth-order valence-corrected chi connectivity index (χ4v) is 3.43. The predicted molar refractivity (Wildman–Crippen MR) is 103 cm³/mol. The molecule has 26 heavy (non-hydrogen) atoms. The van der Waals surface area contributed by atoms with Crippen LogP contribution in [-0.2, 0) is 6.54 Å². The molecular formula is C21H22N4O. The fraction of sp³-hybridized carbons (Fsp3) is 0.286. The third kappa shape index (κ3) is 3.38. The molecule has 1 aliphatic heterocycles. The van der Waals surface area contributed by atoms with Crippen LogP contribution in [0.4, 0.5) is 5.82 Å². The summed E-state index contributed by atoms with van der Waals surface area (Å²) in [7, 11) is 0. The van der Waals surface area contributed by atoms with Crippen molar-refractivity contribution in [1.29, 1.82) is 0 Å². The molecule has 3 heterocycles. The first-order valence-electron chi connectivity index (χ1n) is 9.05. The normalized spacial score (nSPS) is 14.0. The smallest absolute Gasteiger partial charge is 0.252 e. The summed E-state index contributed by atoms with van der Waals surface area (Å²) in [5.74, 6) is 0.934. The average molecular weight is 346 g/mol. The summed E-state index contributed by atoms with van der Waals surface area (Å²) < 4.78 is 0. The van der Waals surface area contributed by atoms with Crippen LogP contribution in [0.2, 0.25) is 0 Å². The maximum absolute atomic E-state index is 12.7. The Hall–Kier alpha value is -2.95. The molecular weight excluding hydrogens is 324 g/mol. The number of anilines is 1. The number of carbonyl (C=O) groups is 1. The van der Waals surface area contributed by atoms with E-state index < -0.39 is 0 Å². The van der Waals surface area contributed by atoms with Crippen LogP contribution in [0.3, 0.4) is 0 Å². The van der Waals surface area contributed by atoms with Crippen molar-refractivity contribution in [3.63, 3.8) is 0 Å². The van der Waals surface area contributed by atoms with Gasteiger partial charge in [-0.1, -0.05) is 24.3 Å². The molecule has 0 bridgehead atoms. The van der Waals surface area contributed by atoms with E-state index in [0.29, 0.717) is 12.1 Å². The minimum absolute atomic E-state index is 0.0877. The molecule has 0 radical (unpaired) electrons. The lowest BCUT2D eigenvalue weighted by atomic mass is 10.1. The molecule has 1 aromatic carbocycles. The summed E-state index contributed by atoms with van der Waals surface area (Å²) >= 11 is 0. The molecule has 1 aliphatic rings. The number of nitrogens with zero attached hydrogens (tertiary/aromatic N) is 3. The van der Waals surface area contributed by atoms with E-state index in [-0.39, 0.29) is 5.91 Å². The van der Waals surface area contributed by atoms with Crippen LogP contribution in [0.1, 0.15) is 34.5 Å². The van der Waals surface area contributed by atoms with E-state index in [9.17, 15) is 4.79 Å². The number of rotatable bonds is 4. The monoisotopic (exact) mass is 346 g/mol. The maximum atomic E-state index is 12.7. The van der Waals surface area contributed by atoms with Crippen molar-refractivity contribution < 1.29 is 4.79 Å². The zero-order chi connectivity index (χ0) is 17.9. The number of benzene rings is 1. The molecule has 1 amide bonds. The second-order valence-corrected chi connectivity index (χ2v) is 6.73. The van der Waals surface area contributed by atoms with E-state index in [0.717, 1.165) is 41.1 Å². The van der Waals surface area contributed by atoms with Crippen molar-refractivity contribution in [2.45, 2.75) is 26.3 Å². The molecule has 5 heteroatoms. The predicted octanol–water partition coefficient (Wildman–Crippen LogP) is 3.47. The van der Waals surface area contributed by atoms with E-state index >= 15 is 0 Å². The summed E-state index contributed by atoms with van der Waals surface area (Å²) in [5, 5.41) is 3.88. The summed E-state index contributed by atoms with van der Waals surface area (Å²) in [6.45, 7) is 4.53. The first-order valence-corrected chi connectivity index (χ1v) is 9.05. The topological polar surface area (TPSA) is 58.1 Å². The highest BCUT2D eigenvalue weighted by Crippen LogP contribution is 2.19. The minimum atomic E-state index is -0.0877. The molecule has 132 valence electrons. The highest BCUT2D eigenvalue weighted by Gasteiger charge is 2.14. The van der Waals surface area contributed by atoms with Gasteiger partial charge in [0.05, 0.1) is 11.1 Å². The van der Waals surface area contributed by atoms with Gasteiger partial charge in [-0.3, -0.25) is 9.78 Å². The van der Waals surface area contributed by atoms with Gasteiger partial charge in [0.15, 0.2) is 0 Å². The van der Waals surface area contributed by atoms with Gasteiger partial charge in [-0.05, 0) is 43.5 Å². The number of hydrogen-bond acceptors (Lipinski definition) is 4. The number of amides is 1. The number of aryl methyl sites for hydroxylation is 1. The molecule has 5 nitrogen and oxygen atoms in total. The average Bonchev–Trinajstić information content (AvgIpc) is 3.20. The van der Waals surface area contributed by atoms with Gasteiger partial charge in [-0.2, -0.15) is 0 Å².